The molecule has 0 fully saturated rings. The molecule has 0 bridgehead atoms. The van der Waals surface area contributed by atoms with E-state index < -0.39 is 0 Å². The Hall–Kier alpha value is -0.461. The fourth-order valence-corrected chi connectivity index (χ4v) is 0.557. The van der Waals surface area contributed by atoms with Crippen molar-refractivity contribution in [2.24, 2.45) is 0 Å². The summed E-state index contributed by atoms with van der Waals surface area (Å²) in [7, 11) is 1.66. The largest absolute Gasteiger partial charge is 0.497 e. The van der Waals surface area contributed by atoms with Gasteiger partial charge in [0.2, 0.25) is 0 Å². The molecule has 12 heavy (non-hydrogen) atoms. The van der Waals surface area contributed by atoms with E-state index in [1.165, 1.54) is 6.42 Å². The van der Waals surface area contributed by atoms with Gasteiger partial charge in [-0.3, -0.25) is 0 Å². The third-order valence-corrected chi connectivity index (χ3v) is 0.979. The van der Waals surface area contributed by atoms with Crippen LogP contribution in [0, 0.1) is 0 Å². The summed E-state index contributed by atoms with van der Waals surface area (Å²) in [6.07, 6.45) is 1.25. The summed E-state index contributed by atoms with van der Waals surface area (Å²) < 4.78 is 4.91. The Bertz CT molecular complexity index is 163. The van der Waals surface area contributed by atoms with E-state index in [9.17, 15) is 0 Å². The van der Waals surface area contributed by atoms with Gasteiger partial charge in [0.1, 0.15) is 5.75 Å². The van der Waals surface area contributed by atoms with Crippen molar-refractivity contribution in [3.63, 3.8) is 0 Å². The monoisotopic (exact) mass is 208 g/mol. The number of ether oxygens (including phenoxy) is 1. The molecule has 2 heteroatoms. The second kappa shape index (κ2) is 10.5. The van der Waals surface area contributed by atoms with Crippen molar-refractivity contribution in [3.8, 4) is 5.75 Å². The standard InChI is InChI=1S/C7H8O.C3H8.Fe/c1-8-7-5-3-2-4-6-7;1-3-2;/h2-6H,1H3;3H2,1-2H3;. The molecule has 0 heterocycles. The number of benzene rings is 1. The summed E-state index contributed by atoms with van der Waals surface area (Å²) in [6, 6.07) is 9.68. The molecule has 0 saturated carbocycles. The van der Waals surface area contributed by atoms with E-state index in [2.05, 4.69) is 13.8 Å². The predicted octanol–water partition coefficient (Wildman–Crippen LogP) is 3.11. The topological polar surface area (TPSA) is 9.23 Å². The molecule has 0 aliphatic rings. The zero-order valence-corrected chi connectivity index (χ0v) is 8.96. The van der Waals surface area contributed by atoms with E-state index in [-0.39, 0.29) is 17.1 Å². The Balaban J connectivity index is 0. The summed E-state index contributed by atoms with van der Waals surface area (Å²) in [5.41, 5.74) is 0. The quantitative estimate of drug-likeness (QED) is 0.644. The Kier molecular flexibility index (Phi) is 12.4. The smallest absolute Gasteiger partial charge is 0.118 e. The van der Waals surface area contributed by atoms with Crippen LogP contribution in [0.2, 0.25) is 0 Å². The first kappa shape index (κ1) is 14.1. The third kappa shape index (κ3) is 7.64. The number of hydrogen-bond acceptors (Lipinski definition) is 1. The third-order valence-electron chi connectivity index (χ3n) is 0.979. The first-order chi connectivity index (χ1) is 5.35. The molecule has 0 amide bonds. The molecule has 0 saturated heterocycles. The van der Waals surface area contributed by atoms with Crippen LogP contribution in [0.4, 0.5) is 0 Å². The normalized spacial score (nSPS) is 7.25. The van der Waals surface area contributed by atoms with Gasteiger partial charge in [0, 0.05) is 17.1 Å². The van der Waals surface area contributed by atoms with E-state index in [1.54, 1.807) is 7.11 Å². The molecule has 0 aliphatic carbocycles. The maximum atomic E-state index is 4.91. The molecular weight excluding hydrogens is 192 g/mol. The minimum atomic E-state index is 0. The van der Waals surface area contributed by atoms with Gasteiger partial charge in [-0.05, 0) is 12.1 Å². The molecule has 0 aromatic heterocycles. The van der Waals surface area contributed by atoms with Gasteiger partial charge >= 0.3 is 0 Å². The van der Waals surface area contributed by atoms with Crippen molar-refractivity contribution >= 4 is 0 Å². The second-order valence-electron chi connectivity index (χ2n) is 2.22. The van der Waals surface area contributed by atoms with Gasteiger partial charge in [0.05, 0.1) is 7.11 Å². The van der Waals surface area contributed by atoms with Crippen molar-refractivity contribution in [3.05, 3.63) is 30.3 Å². The van der Waals surface area contributed by atoms with E-state index in [0.717, 1.165) is 5.75 Å². The average Bonchev–Trinajstić information content (AvgIpc) is 2.08. The summed E-state index contributed by atoms with van der Waals surface area (Å²) in [6.45, 7) is 4.25. The molecule has 70 valence electrons. The minimum Gasteiger partial charge on any atom is -0.497 e. The molecule has 1 nitrogen and oxygen atoms in total. The molecule has 0 atom stereocenters. The molecule has 0 unspecified atom stereocenters. The zero-order chi connectivity index (χ0) is 8.53. The van der Waals surface area contributed by atoms with Crippen molar-refractivity contribution < 1.29 is 21.8 Å². The fourth-order valence-electron chi connectivity index (χ4n) is 0.557. The number of rotatable bonds is 1. The Labute approximate surface area is 85.6 Å². The van der Waals surface area contributed by atoms with Crippen molar-refractivity contribution in [1.29, 1.82) is 0 Å². The summed E-state index contributed by atoms with van der Waals surface area (Å²) >= 11 is 0. The Morgan fingerprint density at radius 3 is 1.75 bits per heavy atom. The Morgan fingerprint density at radius 1 is 1.08 bits per heavy atom. The number of methoxy groups -OCH3 is 1. The van der Waals surface area contributed by atoms with Crippen LogP contribution in [0.25, 0.3) is 0 Å². The first-order valence-corrected chi connectivity index (χ1v) is 3.94. The maximum absolute atomic E-state index is 4.91. The van der Waals surface area contributed by atoms with Gasteiger partial charge in [0.25, 0.3) is 0 Å². The summed E-state index contributed by atoms with van der Waals surface area (Å²) in [5, 5.41) is 0. The Morgan fingerprint density at radius 2 is 1.50 bits per heavy atom. The minimum absolute atomic E-state index is 0. The molecule has 1 rings (SSSR count). The predicted molar refractivity (Wildman–Crippen MR) is 49.0 cm³/mol. The molecule has 0 radical (unpaired) electrons. The average molecular weight is 208 g/mol. The SMILES string of the molecule is CCC.COc1ccccc1.[Fe]. The van der Waals surface area contributed by atoms with Crippen LogP contribution in [-0.4, -0.2) is 7.11 Å². The van der Waals surface area contributed by atoms with Crippen LogP contribution in [-0.2, 0) is 17.1 Å². The van der Waals surface area contributed by atoms with Crippen LogP contribution in [0.3, 0.4) is 0 Å². The first-order valence-electron chi connectivity index (χ1n) is 3.94. The van der Waals surface area contributed by atoms with E-state index in [4.69, 9.17) is 4.74 Å². The van der Waals surface area contributed by atoms with E-state index in [0.29, 0.717) is 0 Å². The van der Waals surface area contributed by atoms with Gasteiger partial charge in [-0.2, -0.15) is 0 Å². The van der Waals surface area contributed by atoms with Crippen molar-refractivity contribution in [2.45, 2.75) is 20.3 Å². The van der Waals surface area contributed by atoms with Crippen LogP contribution in [0.15, 0.2) is 30.3 Å². The molecule has 1 aromatic carbocycles. The number of para-hydroxylation sites is 1. The van der Waals surface area contributed by atoms with Gasteiger partial charge in [0.15, 0.2) is 0 Å². The second-order valence-corrected chi connectivity index (χ2v) is 2.22. The van der Waals surface area contributed by atoms with Crippen molar-refractivity contribution in [2.75, 3.05) is 7.11 Å². The van der Waals surface area contributed by atoms with Crippen LogP contribution < -0.4 is 4.74 Å². The molecule has 1 aromatic rings. The molecule has 0 N–H and O–H groups in total. The van der Waals surface area contributed by atoms with Crippen LogP contribution in [0.5, 0.6) is 5.75 Å². The maximum Gasteiger partial charge on any atom is 0.118 e. The zero-order valence-electron chi connectivity index (χ0n) is 7.86. The van der Waals surface area contributed by atoms with E-state index in [1.807, 2.05) is 30.3 Å². The summed E-state index contributed by atoms with van der Waals surface area (Å²) in [5.74, 6) is 0.910. The summed E-state index contributed by atoms with van der Waals surface area (Å²) in [4.78, 5) is 0. The molecular formula is C10H16FeO. The van der Waals surface area contributed by atoms with E-state index >= 15 is 0 Å². The van der Waals surface area contributed by atoms with Gasteiger partial charge in [-0.1, -0.05) is 38.5 Å². The van der Waals surface area contributed by atoms with Crippen LogP contribution in [0.1, 0.15) is 20.3 Å². The fraction of sp³-hybridized carbons (Fsp3) is 0.400. The number of hydrogen-bond donors (Lipinski definition) is 0. The van der Waals surface area contributed by atoms with Gasteiger partial charge in [-0.25, -0.2) is 0 Å². The van der Waals surface area contributed by atoms with Crippen molar-refractivity contribution in [1.82, 2.24) is 0 Å². The molecule has 0 spiro atoms. The van der Waals surface area contributed by atoms with Gasteiger partial charge < -0.3 is 4.74 Å². The van der Waals surface area contributed by atoms with Crippen LogP contribution >= 0.6 is 0 Å². The molecule has 0 aliphatic heterocycles. The van der Waals surface area contributed by atoms with Gasteiger partial charge in [-0.15, -0.1) is 0 Å².